The SMILES string of the molecule is N#Cc1c(CCCNC(=O)CCCc2c[nH]c3ccccc23)nn(-c2ccc(F)cc2)c1N. The summed E-state index contributed by atoms with van der Waals surface area (Å²) in [6.07, 6.45) is 5.19. The Bertz CT molecular complexity index is 1300. The molecule has 0 bridgehead atoms. The van der Waals surface area contributed by atoms with Crippen LogP contribution in [0.25, 0.3) is 16.6 Å². The summed E-state index contributed by atoms with van der Waals surface area (Å²) in [7, 11) is 0. The Hall–Kier alpha value is -4.12. The van der Waals surface area contributed by atoms with Crippen LogP contribution in [0.4, 0.5) is 10.2 Å². The molecule has 4 rings (SSSR count). The number of aryl methyl sites for hydroxylation is 2. The highest BCUT2D eigenvalue weighted by Gasteiger charge is 2.16. The number of halogens is 1. The van der Waals surface area contributed by atoms with Crippen LogP contribution in [0.1, 0.15) is 36.1 Å². The van der Waals surface area contributed by atoms with Crippen molar-refractivity contribution in [3.05, 3.63) is 77.4 Å². The summed E-state index contributed by atoms with van der Waals surface area (Å²) < 4.78 is 14.6. The quantitative estimate of drug-likeness (QED) is 0.339. The molecule has 0 atom stereocenters. The summed E-state index contributed by atoms with van der Waals surface area (Å²) in [4.78, 5) is 15.5. The first kappa shape index (κ1) is 22.1. The largest absolute Gasteiger partial charge is 0.382 e. The molecule has 1 amide bonds. The van der Waals surface area contributed by atoms with E-state index >= 15 is 0 Å². The van der Waals surface area contributed by atoms with Crippen molar-refractivity contribution in [2.45, 2.75) is 32.1 Å². The minimum absolute atomic E-state index is 0.00621. The molecule has 4 N–H and O–H groups in total. The van der Waals surface area contributed by atoms with Crippen LogP contribution in [-0.4, -0.2) is 27.2 Å². The Morgan fingerprint density at radius 3 is 2.73 bits per heavy atom. The third-order valence-corrected chi connectivity index (χ3v) is 5.61. The second-order valence-corrected chi connectivity index (χ2v) is 7.87. The molecule has 2 aromatic heterocycles. The number of anilines is 1. The highest BCUT2D eigenvalue weighted by Crippen LogP contribution is 2.22. The molecule has 0 saturated carbocycles. The number of nitrogen functional groups attached to an aromatic ring is 1. The number of para-hydroxylation sites is 1. The fourth-order valence-electron chi connectivity index (χ4n) is 3.90. The summed E-state index contributed by atoms with van der Waals surface area (Å²) in [6.45, 7) is 0.486. The van der Waals surface area contributed by atoms with Gasteiger partial charge in [-0.1, -0.05) is 18.2 Å². The summed E-state index contributed by atoms with van der Waals surface area (Å²) in [5, 5.41) is 18.0. The molecule has 0 aliphatic carbocycles. The van der Waals surface area contributed by atoms with Crippen molar-refractivity contribution in [3.63, 3.8) is 0 Å². The van der Waals surface area contributed by atoms with E-state index < -0.39 is 0 Å². The zero-order valence-electron chi connectivity index (χ0n) is 18.1. The molecule has 2 aromatic carbocycles. The third kappa shape index (κ3) is 5.04. The monoisotopic (exact) mass is 444 g/mol. The first-order valence-electron chi connectivity index (χ1n) is 10.9. The van der Waals surface area contributed by atoms with E-state index in [0.717, 1.165) is 18.4 Å². The lowest BCUT2D eigenvalue weighted by molar-refractivity contribution is -0.121. The number of hydrogen-bond acceptors (Lipinski definition) is 4. The van der Waals surface area contributed by atoms with Gasteiger partial charge in [-0.25, -0.2) is 9.07 Å². The Labute approximate surface area is 191 Å². The average molecular weight is 445 g/mol. The molecule has 0 saturated heterocycles. The number of hydrogen-bond donors (Lipinski definition) is 3. The van der Waals surface area contributed by atoms with Gasteiger partial charge in [-0.15, -0.1) is 0 Å². The van der Waals surface area contributed by atoms with Gasteiger partial charge < -0.3 is 16.0 Å². The second kappa shape index (κ2) is 10.0. The fraction of sp³-hybridized carbons (Fsp3) is 0.240. The van der Waals surface area contributed by atoms with E-state index in [2.05, 4.69) is 27.5 Å². The average Bonchev–Trinajstić information content (AvgIpc) is 3.38. The van der Waals surface area contributed by atoms with Crippen LogP contribution in [0.3, 0.4) is 0 Å². The van der Waals surface area contributed by atoms with Gasteiger partial charge in [-0.05, 0) is 61.6 Å². The first-order valence-corrected chi connectivity index (χ1v) is 10.9. The summed E-state index contributed by atoms with van der Waals surface area (Å²) >= 11 is 0. The second-order valence-electron chi connectivity index (χ2n) is 7.87. The summed E-state index contributed by atoms with van der Waals surface area (Å²) in [6, 6.07) is 16.0. The lowest BCUT2D eigenvalue weighted by Gasteiger charge is -2.05. The van der Waals surface area contributed by atoms with Gasteiger partial charge in [0.25, 0.3) is 0 Å². The number of fused-ring (bicyclic) bond motifs is 1. The van der Waals surface area contributed by atoms with Crippen LogP contribution in [0.2, 0.25) is 0 Å². The summed E-state index contributed by atoms with van der Waals surface area (Å²) in [5.74, 6) is -0.130. The highest BCUT2D eigenvalue weighted by molar-refractivity contribution is 5.83. The number of nitrogens with two attached hydrogens (primary N) is 1. The molecule has 8 heteroatoms. The smallest absolute Gasteiger partial charge is 0.220 e. The molecule has 0 aliphatic rings. The molecule has 7 nitrogen and oxygen atoms in total. The Kier molecular flexibility index (Phi) is 6.69. The van der Waals surface area contributed by atoms with Crippen molar-refractivity contribution in [1.82, 2.24) is 20.1 Å². The van der Waals surface area contributed by atoms with E-state index in [1.54, 1.807) is 12.1 Å². The summed E-state index contributed by atoms with van der Waals surface area (Å²) in [5.41, 5.74) is 9.86. The molecule has 0 radical (unpaired) electrons. The molecule has 0 aliphatic heterocycles. The van der Waals surface area contributed by atoms with Gasteiger partial charge in [0.1, 0.15) is 23.3 Å². The van der Waals surface area contributed by atoms with Crippen molar-refractivity contribution < 1.29 is 9.18 Å². The van der Waals surface area contributed by atoms with Crippen molar-refractivity contribution in [1.29, 1.82) is 5.26 Å². The minimum atomic E-state index is -0.359. The van der Waals surface area contributed by atoms with Crippen LogP contribution in [0, 0.1) is 17.1 Å². The number of H-pyrrole nitrogens is 1. The Morgan fingerprint density at radius 1 is 1.15 bits per heavy atom. The van der Waals surface area contributed by atoms with Crippen LogP contribution < -0.4 is 11.1 Å². The van der Waals surface area contributed by atoms with E-state index in [-0.39, 0.29) is 17.5 Å². The van der Waals surface area contributed by atoms with Crippen molar-refractivity contribution in [2.75, 3.05) is 12.3 Å². The van der Waals surface area contributed by atoms with Gasteiger partial charge in [0.05, 0.1) is 11.4 Å². The number of carbonyl (C=O) groups excluding carboxylic acids is 1. The minimum Gasteiger partial charge on any atom is -0.382 e. The van der Waals surface area contributed by atoms with E-state index in [9.17, 15) is 14.4 Å². The molecule has 33 heavy (non-hydrogen) atoms. The van der Waals surface area contributed by atoms with Crippen molar-refractivity contribution in [2.24, 2.45) is 0 Å². The molecule has 0 fully saturated rings. The van der Waals surface area contributed by atoms with Gasteiger partial charge in [-0.2, -0.15) is 10.4 Å². The number of nitriles is 1. The standard InChI is InChI=1S/C25H25FN6O/c26-18-10-12-19(13-11-18)32-25(28)21(15-27)23(31-32)8-4-14-29-24(33)9-3-5-17-16-30-22-7-2-1-6-20(17)22/h1-2,6-7,10-13,16,30H,3-5,8-9,14,28H2,(H,29,33). The zero-order valence-corrected chi connectivity index (χ0v) is 18.1. The van der Waals surface area contributed by atoms with Gasteiger partial charge in [0.2, 0.25) is 5.91 Å². The Morgan fingerprint density at radius 2 is 1.94 bits per heavy atom. The lowest BCUT2D eigenvalue weighted by atomic mass is 10.1. The van der Waals surface area contributed by atoms with E-state index in [1.165, 1.54) is 27.8 Å². The highest BCUT2D eigenvalue weighted by atomic mass is 19.1. The predicted octanol–water partition coefficient (Wildman–Crippen LogP) is 4.02. The Balaban J connectivity index is 1.25. The van der Waals surface area contributed by atoms with E-state index in [1.807, 2.05) is 24.4 Å². The van der Waals surface area contributed by atoms with Gasteiger partial charge in [0.15, 0.2) is 0 Å². The maximum atomic E-state index is 13.2. The van der Waals surface area contributed by atoms with E-state index in [0.29, 0.717) is 42.8 Å². The van der Waals surface area contributed by atoms with Gasteiger partial charge in [0, 0.05) is 30.1 Å². The first-order chi connectivity index (χ1) is 16.1. The molecule has 0 unspecified atom stereocenters. The van der Waals surface area contributed by atoms with Gasteiger partial charge in [-0.3, -0.25) is 4.79 Å². The number of aromatic amines is 1. The number of carbonyl (C=O) groups is 1. The van der Waals surface area contributed by atoms with E-state index in [4.69, 9.17) is 5.73 Å². The lowest BCUT2D eigenvalue weighted by Crippen LogP contribution is -2.24. The van der Waals surface area contributed by atoms with Gasteiger partial charge >= 0.3 is 0 Å². The molecule has 0 spiro atoms. The number of aromatic nitrogens is 3. The molecule has 168 valence electrons. The maximum absolute atomic E-state index is 13.2. The number of amides is 1. The maximum Gasteiger partial charge on any atom is 0.220 e. The molecular weight excluding hydrogens is 419 g/mol. The number of nitrogens with zero attached hydrogens (tertiary/aromatic N) is 3. The van der Waals surface area contributed by atoms with Crippen molar-refractivity contribution in [3.8, 4) is 11.8 Å². The number of benzene rings is 2. The topological polar surface area (TPSA) is 113 Å². The predicted molar refractivity (Wildman–Crippen MR) is 125 cm³/mol. The molecular formula is C25H25FN6O. The van der Waals surface area contributed by atoms with Crippen LogP contribution in [0.15, 0.2) is 54.7 Å². The molecule has 4 aromatic rings. The number of nitrogens with one attached hydrogen (secondary N) is 2. The van der Waals surface area contributed by atoms with Crippen LogP contribution in [0.5, 0.6) is 0 Å². The zero-order chi connectivity index (χ0) is 23.2. The normalized spacial score (nSPS) is 10.9. The van der Waals surface area contributed by atoms with Crippen molar-refractivity contribution >= 4 is 22.6 Å². The van der Waals surface area contributed by atoms with Crippen LogP contribution in [-0.2, 0) is 17.6 Å². The third-order valence-electron chi connectivity index (χ3n) is 5.61. The van der Waals surface area contributed by atoms with Crippen LogP contribution >= 0.6 is 0 Å². The number of rotatable bonds is 9. The fourth-order valence-corrected chi connectivity index (χ4v) is 3.90. The molecule has 2 heterocycles.